The van der Waals surface area contributed by atoms with Crippen LogP contribution in [0.1, 0.15) is 19.3 Å². The van der Waals surface area contributed by atoms with Gasteiger partial charge in [0, 0.05) is 18.2 Å². The summed E-state index contributed by atoms with van der Waals surface area (Å²) < 4.78 is 5.01. The van der Waals surface area contributed by atoms with Crippen molar-refractivity contribution in [3.63, 3.8) is 0 Å². The van der Waals surface area contributed by atoms with Crippen LogP contribution < -0.4 is 0 Å². The molecule has 1 aliphatic carbocycles. The average Bonchev–Trinajstić information content (AvgIpc) is 2.02. The Morgan fingerprint density at radius 3 is 2.67 bits per heavy atom. The number of ether oxygens (including phenoxy) is 1. The molecule has 0 atom stereocenters. The number of thioether (sulfide) groups is 1. The highest BCUT2D eigenvalue weighted by atomic mass is 79.9. The largest absolute Gasteiger partial charge is 0.384 e. The summed E-state index contributed by atoms with van der Waals surface area (Å²) in [5, 5.41) is 1.18. The predicted molar refractivity (Wildman–Crippen MR) is 59.3 cm³/mol. The molecule has 3 heteroatoms. The number of hydrogen-bond acceptors (Lipinski definition) is 2. The second-order valence-electron chi connectivity index (χ2n) is 3.53. The van der Waals surface area contributed by atoms with E-state index >= 15 is 0 Å². The monoisotopic (exact) mass is 252 g/mol. The Bertz CT molecular complexity index is 120. The molecule has 0 aliphatic heterocycles. The topological polar surface area (TPSA) is 9.23 Å². The van der Waals surface area contributed by atoms with Crippen molar-refractivity contribution >= 4 is 27.7 Å². The minimum Gasteiger partial charge on any atom is -0.384 e. The summed E-state index contributed by atoms with van der Waals surface area (Å²) in [6.07, 6.45) is 4.26. The minimum atomic E-state index is 0.637. The molecular weight excluding hydrogens is 236 g/mol. The molecule has 1 fully saturated rings. The van der Waals surface area contributed by atoms with Crippen LogP contribution in [0.2, 0.25) is 0 Å². The molecule has 1 aliphatic rings. The third kappa shape index (κ3) is 2.93. The third-order valence-electron chi connectivity index (χ3n) is 2.54. The number of rotatable bonds is 6. The molecule has 0 saturated heterocycles. The van der Waals surface area contributed by atoms with Crippen molar-refractivity contribution in [2.75, 3.05) is 30.6 Å². The number of methoxy groups -OCH3 is 1. The van der Waals surface area contributed by atoms with Crippen LogP contribution >= 0.6 is 27.7 Å². The molecule has 0 heterocycles. The normalized spacial score (nSPS) is 20.5. The summed E-state index contributed by atoms with van der Waals surface area (Å²) in [7, 11) is 1.77. The quantitative estimate of drug-likeness (QED) is 0.531. The number of hydrogen-bond donors (Lipinski definition) is 0. The molecule has 0 amide bonds. The first-order chi connectivity index (χ1) is 5.83. The SMILES string of the molecule is COCCSCC1(CBr)CCC1. The summed E-state index contributed by atoms with van der Waals surface area (Å²) in [5.41, 5.74) is 0.637. The van der Waals surface area contributed by atoms with Gasteiger partial charge in [0.2, 0.25) is 0 Å². The second kappa shape index (κ2) is 5.51. The molecule has 1 rings (SSSR count). The fraction of sp³-hybridized carbons (Fsp3) is 1.00. The van der Waals surface area contributed by atoms with Gasteiger partial charge in [-0.1, -0.05) is 22.4 Å². The van der Waals surface area contributed by atoms with Crippen LogP contribution in [-0.2, 0) is 4.74 Å². The highest BCUT2D eigenvalue weighted by molar-refractivity contribution is 9.09. The molecule has 0 aromatic carbocycles. The second-order valence-corrected chi connectivity index (χ2v) is 5.20. The Balaban J connectivity index is 2.04. The smallest absolute Gasteiger partial charge is 0.0552 e. The number of halogens is 1. The molecule has 72 valence electrons. The van der Waals surface area contributed by atoms with Crippen LogP contribution in [0.4, 0.5) is 0 Å². The fourth-order valence-corrected chi connectivity index (χ4v) is 3.70. The van der Waals surface area contributed by atoms with Gasteiger partial charge in [-0.05, 0) is 24.0 Å². The molecule has 0 aromatic rings. The molecule has 1 nitrogen and oxygen atoms in total. The van der Waals surface area contributed by atoms with Crippen molar-refractivity contribution in [2.45, 2.75) is 19.3 Å². The molecule has 0 spiro atoms. The summed E-state index contributed by atoms with van der Waals surface area (Å²) >= 11 is 5.64. The van der Waals surface area contributed by atoms with Crippen LogP contribution in [0.3, 0.4) is 0 Å². The molecule has 12 heavy (non-hydrogen) atoms. The minimum absolute atomic E-state index is 0.637. The van der Waals surface area contributed by atoms with Crippen molar-refractivity contribution in [1.29, 1.82) is 0 Å². The summed E-state index contributed by atoms with van der Waals surface area (Å²) in [5.74, 6) is 2.45. The molecule has 0 aromatic heterocycles. The van der Waals surface area contributed by atoms with Gasteiger partial charge in [-0.15, -0.1) is 0 Å². The zero-order chi connectivity index (χ0) is 8.86. The van der Waals surface area contributed by atoms with Gasteiger partial charge in [-0.25, -0.2) is 0 Å². The van der Waals surface area contributed by atoms with Crippen LogP contribution in [-0.4, -0.2) is 30.6 Å². The average molecular weight is 253 g/mol. The maximum Gasteiger partial charge on any atom is 0.0552 e. The van der Waals surface area contributed by atoms with Crippen molar-refractivity contribution in [1.82, 2.24) is 0 Å². The first-order valence-electron chi connectivity index (χ1n) is 4.46. The first-order valence-corrected chi connectivity index (χ1v) is 6.73. The van der Waals surface area contributed by atoms with Crippen LogP contribution in [0.25, 0.3) is 0 Å². The lowest BCUT2D eigenvalue weighted by molar-refractivity contribution is 0.204. The standard InChI is InChI=1S/C9H17BrOS/c1-11-5-6-12-8-9(7-10)3-2-4-9/h2-8H2,1H3. The summed E-state index contributed by atoms with van der Waals surface area (Å²) in [6, 6.07) is 0. The lowest BCUT2D eigenvalue weighted by atomic mass is 9.72. The van der Waals surface area contributed by atoms with Gasteiger partial charge >= 0.3 is 0 Å². The van der Waals surface area contributed by atoms with Crippen molar-refractivity contribution in [2.24, 2.45) is 5.41 Å². The van der Waals surface area contributed by atoms with E-state index in [4.69, 9.17) is 4.74 Å². The molecule has 0 N–H and O–H groups in total. The number of alkyl halides is 1. The molecule has 0 radical (unpaired) electrons. The van der Waals surface area contributed by atoms with Gasteiger partial charge in [0.05, 0.1) is 6.61 Å². The Hall–Kier alpha value is 0.790. The van der Waals surface area contributed by atoms with E-state index in [0.29, 0.717) is 5.41 Å². The summed E-state index contributed by atoms with van der Waals surface area (Å²) in [4.78, 5) is 0. The maximum atomic E-state index is 5.01. The van der Waals surface area contributed by atoms with Crippen LogP contribution in [0, 0.1) is 5.41 Å². The maximum absolute atomic E-state index is 5.01. The highest BCUT2D eigenvalue weighted by Crippen LogP contribution is 2.44. The fourth-order valence-electron chi connectivity index (χ4n) is 1.42. The van der Waals surface area contributed by atoms with E-state index in [9.17, 15) is 0 Å². The Labute approximate surface area is 87.8 Å². The Kier molecular flexibility index (Phi) is 4.99. The first kappa shape index (κ1) is 10.9. The predicted octanol–water partition coefficient (Wildman–Crippen LogP) is 2.93. The van der Waals surface area contributed by atoms with E-state index in [1.54, 1.807) is 7.11 Å². The van der Waals surface area contributed by atoms with Crippen molar-refractivity contribution in [3.05, 3.63) is 0 Å². The van der Waals surface area contributed by atoms with Gasteiger partial charge < -0.3 is 4.74 Å². The van der Waals surface area contributed by atoms with Gasteiger partial charge in [-0.3, -0.25) is 0 Å². The van der Waals surface area contributed by atoms with Gasteiger partial charge in [0.1, 0.15) is 0 Å². The van der Waals surface area contributed by atoms with E-state index < -0.39 is 0 Å². The molecule has 1 saturated carbocycles. The molecule has 0 bridgehead atoms. The Morgan fingerprint density at radius 2 is 2.25 bits per heavy atom. The summed E-state index contributed by atoms with van der Waals surface area (Å²) in [6.45, 7) is 0.892. The highest BCUT2D eigenvalue weighted by Gasteiger charge is 2.35. The van der Waals surface area contributed by atoms with Crippen molar-refractivity contribution < 1.29 is 4.74 Å². The van der Waals surface area contributed by atoms with Gasteiger partial charge in [0.15, 0.2) is 0 Å². The van der Waals surface area contributed by atoms with Crippen LogP contribution in [0.15, 0.2) is 0 Å². The molecule has 0 unspecified atom stereocenters. The Morgan fingerprint density at radius 1 is 1.50 bits per heavy atom. The van der Waals surface area contributed by atoms with Gasteiger partial charge in [-0.2, -0.15) is 11.8 Å². The van der Waals surface area contributed by atoms with Gasteiger partial charge in [0.25, 0.3) is 0 Å². The molecular formula is C9H17BrOS. The zero-order valence-corrected chi connectivity index (χ0v) is 10.0. The van der Waals surface area contributed by atoms with E-state index in [-0.39, 0.29) is 0 Å². The lowest BCUT2D eigenvalue weighted by Gasteiger charge is -2.40. The van der Waals surface area contributed by atoms with E-state index in [1.165, 1.54) is 30.3 Å². The van der Waals surface area contributed by atoms with Crippen LogP contribution in [0.5, 0.6) is 0 Å². The lowest BCUT2D eigenvalue weighted by Crippen LogP contribution is -2.33. The zero-order valence-electron chi connectivity index (χ0n) is 7.64. The van der Waals surface area contributed by atoms with Crippen molar-refractivity contribution in [3.8, 4) is 0 Å². The van der Waals surface area contributed by atoms with E-state index in [2.05, 4.69) is 15.9 Å². The van der Waals surface area contributed by atoms with E-state index in [0.717, 1.165) is 12.4 Å². The third-order valence-corrected chi connectivity index (χ3v) is 5.00. The van der Waals surface area contributed by atoms with E-state index in [1.807, 2.05) is 11.8 Å².